The van der Waals surface area contributed by atoms with E-state index in [-0.39, 0.29) is 6.42 Å². The Morgan fingerprint density at radius 2 is 2.09 bits per heavy atom. The van der Waals surface area contributed by atoms with Gasteiger partial charge in [-0.2, -0.15) is 0 Å². The highest BCUT2D eigenvalue weighted by Crippen LogP contribution is 2.48. The molecule has 1 aliphatic carbocycles. The molecular weight excluding hydrogens is 154 g/mol. The number of halogens is 2. The first-order valence-electron chi connectivity index (χ1n) is 3.29. The summed E-state index contributed by atoms with van der Waals surface area (Å²) in [5.41, 5.74) is 2.27. The second-order valence-corrected chi connectivity index (χ2v) is 2.89. The molecule has 1 N–H and O–H groups in total. The summed E-state index contributed by atoms with van der Waals surface area (Å²) in [5, 5.41) is 1.36. The van der Waals surface area contributed by atoms with Gasteiger partial charge in [-0.1, -0.05) is 0 Å². The summed E-state index contributed by atoms with van der Waals surface area (Å²) in [6, 6.07) is 0. The fraction of sp³-hybridized carbons (Fsp3) is 0.833. The van der Waals surface area contributed by atoms with Gasteiger partial charge in [-0.3, -0.25) is 10.2 Å². The minimum Gasteiger partial charge on any atom is -0.289 e. The van der Waals surface area contributed by atoms with Crippen LogP contribution in [0.2, 0.25) is 0 Å². The number of rotatable bonds is 2. The number of alkyl halides is 2. The molecule has 64 valence electrons. The molecule has 0 heterocycles. The van der Waals surface area contributed by atoms with Crippen molar-refractivity contribution >= 4 is 5.91 Å². The first-order chi connectivity index (χ1) is 4.93. The van der Waals surface area contributed by atoms with Gasteiger partial charge in [-0.05, 0) is 0 Å². The van der Waals surface area contributed by atoms with Crippen LogP contribution in [0.4, 0.5) is 8.78 Å². The lowest BCUT2D eigenvalue weighted by Gasteiger charge is -2.10. The molecule has 0 saturated heterocycles. The molecule has 1 unspecified atom stereocenters. The monoisotopic (exact) mass is 164 g/mol. The Morgan fingerprint density at radius 1 is 1.64 bits per heavy atom. The second kappa shape index (κ2) is 2.41. The molecule has 0 radical (unpaired) electrons. The predicted molar refractivity (Wildman–Crippen MR) is 34.9 cm³/mol. The zero-order valence-corrected chi connectivity index (χ0v) is 6.40. The average Bonchev–Trinajstić information content (AvgIpc) is 2.38. The lowest BCUT2D eigenvalue weighted by atomic mass is 10.4. The molecule has 11 heavy (non-hydrogen) atoms. The Balaban J connectivity index is 2.34. The van der Waals surface area contributed by atoms with Gasteiger partial charge in [0.25, 0.3) is 5.92 Å². The maximum atomic E-state index is 12.2. The Bertz CT molecular complexity index is 181. The van der Waals surface area contributed by atoms with Crippen molar-refractivity contribution in [1.82, 2.24) is 10.4 Å². The lowest BCUT2D eigenvalue weighted by molar-refractivity contribution is -0.128. The molecule has 0 spiro atoms. The van der Waals surface area contributed by atoms with E-state index < -0.39 is 17.7 Å². The normalized spacial score (nSPS) is 26.8. The van der Waals surface area contributed by atoms with Crippen LogP contribution in [-0.4, -0.2) is 30.9 Å². The first-order valence-corrected chi connectivity index (χ1v) is 3.29. The third-order valence-electron chi connectivity index (χ3n) is 1.48. The highest BCUT2D eigenvalue weighted by atomic mass is 19.3. The molecule has 0 aromatic heterocycles. The summed E-state index contributed by atoms with van der Waals surface area (Å²) in [6.07, 6.45) is -0.313. The smallest absolute Gasteiger partial charge is 0.260 e. The highest BCUT2D eigenvalue weighted by Gasteiger charge is 2.61. The van der Waals surface area contributed by atoms with E-state index in [0.717, 1.165) is 0 Å². The Kier molecular flexibility index (Phi) is 1.83. The molecule has 5 heteroatoms. The van der Waals surface area contributed by atoms with E-state index in [1.165, 1.54) is 5.01 Å². The Hall–Kier alpha value is -0.710. The number of hydrogen-bond donors (Lipinski definition) is 1. The van der Waals surface area contributed by atoms with Crippen LogP contribution in [0.1, 0.15) is 6.42 Å². The van der Waals surface area contributed by atoms with Crippen LogP contribution in [0.15, 0.2) is 0 Å². The molecule has 3 nitrogen and oxygen atoms in total. The van der Waals surface area contributed by atoms with Crippen LogP contribution in [0.25, 0.3) is 0 Å². The fourth-order valence-corrected chi connectivity index (χ4v) is 0.796. The second-order valence-electron chi connectivity index (χ2n) is 2.89. The third kappa shape index (κ3) is 1.86. The van der Waals surface area contributed by atoms with Gasteiger partial charge in [0.05, 0.1) is 0 Å². The van der Waals surface area contributed by atoms with Gasteiger partial charge in [0.1, 0.15) is 5.92 Å². The molecule has 0 aliphatic heterocycles. The van der Waals surface area contributed by atoms with Crippen LogP contribution in [0.3, 0.4) is 0 Å². The van der Waals surface area contributed by atoms with E-state index >= 15 is 0 Å². The maximum Gasteiger partial charge on any atom is 0.260 e. The number of nitrogens with one attached hydrogen (secondary N) is 1. The van der Waals surface area contributed by atoms with Gasteiger partial charge in [0.2, 0.25) is 5.91 Å². The lowest BCUT2D eigenvalue weighted by Crippen LogP contribution is -2.38. The topological polar surface area (TPSA) is 32.3 Å². The zero-order valence-electron chi connectivity index (χ0n) is 6.40. The van der Waals surface area contributed by atoms with Gasteiger partial charge in [-0.25, -0.2) is 13.8 Å². The van der Waals surface area contributed by atoms with Gasteiger partial charge in [0, 0.05) is 20.5 Å². The molecule has 0 bridgehead atoms. The van der Waals surface area contributed by atoms with Crippen molar-refractivity contribution in [1.29, 1.82) is 0 Å². The predicted octanol–water partition coefficient (Wildman–Crippen LogP) is 0.234. The molecule has 1 fully saturated rings. The standard InChI is InChI=1S/C6H10F2N2O/c1-10(2)9-5(11)4-3-6(4,7)8/h4H,3H2,1-2H3,(H,9,11). The molecule has 1 amide bonds. The first kappa shape index (κ1) is 8.39. The summed E-state index contributed by atoms with van der Waals surface area (Å²) < 4.78 is 24.4. The minimum atomic E-state index is -2.76. The van der Waals surface area contributed by atoms with Crippen molar-refractivity contribution in [3.8, 4) is 0 Å². The maximum absolute atomic E-state index is 12.2. The van der Waals surface area contributed by atoms with Crippen molar-refractivity contribution in [3.05, 3.63) is 0 Å². The van der Waals surface area contributed by atoms with Crippen LogP contribution in [0.5, 0.6) is 0 Å². The third-order valence-corrected chi connectivity index (χ3v) is 1.48. The van der Waals surface area contributed by atoms with E-state index in [4.69, 9.17) is 0 Å². The number of carbonyl (C=O) groups excluding carboxylic acids is 1. The van der Waals surface area contributed by atoms with Crippen LogP contribution in [-0.2, 0) is 4.79 Å². The SMILES string of the molecule is CN(C)NC(=O)C1CC1(F)F. The number of hydrogen-bond acceptors (Lipinski definition) is 2. The summed E-state index contributed by atoms with van der Waals surface area (Å²) >= 11 is 0. The molecule has 0 aromatic rings. The summed E-state index contributed by atoms with van der Waals surface area (Å²) in [7, 11) is 3.16. The highest BCUT2D eigenvalue weighted by molar-refractivity contribution is 5.82. The fourth-order valence-electron chi connectivity index (χ4n) is 0.796. The number of amides is 1. The van der Waals surface area contributed by atoms with Gasteiger partial charge >= 0.3 is 0 Å². The van der Waals surface area contributed by atoms with Gasteiger partial charge in [0.15, 0.2) is 0 Å². The van der Waals surface area contributed by atoms with Crippen LogP contribution in [0, 0.1) is 5.92 Å². The molecule has 0 aromatic carbocycles. The van der Waals surface area contributed by atoms with E-state index in [1.807, 2.05) is 0 Å². The van der Waals surface area contributed by atoms with E-state index in [1.54, 1.807) is 14.1 Å². The van der Waals surface area contributed by atoms with Crippen molar-refractivity contribution in [2.45, 2.75) is 12.3 Å². The van der Waals surface area contributed by atoms with Crippen LogP contribution < -0.4 is 5.43 Å². The van der Waals surface area contributed by atoms with Crippen molar-refractivity contribution in [2.75, 3.05) is 14.1 Å². The summed E-state index contributed by atoms with van der Waals surface area (Å²) in [5.74, 6) is -4.47. The Morgan fingerprint density at radius 3 is 2.36 bits per heavy atom. The van der Waals surface area contributed by atoms with Gasteiger partial charge < -0.3 is 0 Å². The molecule has 1 atom stereocenters. The number of hydrazine groups is 1. The average molecular weight is 164 g/mol. The van der Waals surface area contributed by atoms with Crippen molar-refractivity contribution in [3.63, 3.8) is 0 Å². The van der Waals surface area contributed by atoms with E-state index in [2.05, 4.69) is 5.43 Å². The molecule has 1 rings (SSSR count). The van der Waals surface area contributed by atoms with E-state index in [0.29, 0.717) is 0 Å². The van der Waals surface area contributed by atoms with Crippen molar-refractivity contribution in [2.24, 2.45) is 5.92 Å². The summed E-state index contributed by atoms with van der Waals surface area (Å²) in [4.78, 5) is 10.8. The summed E-state index contributed by atoms with van der Waals surface area (Å²) in [6.45, 7) is 0. The molecule has 1 saturated carbocycles. The Labute approximate surface area is 63.3 Å². The zero-order chi connectivity index (χ0) is 8.65. The number of carbonyl (C=O) groups is 1. The van der Waals surface area contributed by atoms with Crippen LogP contribution >= 0.6 is 0 Å². The van der Waals surface area contributed by atoms with Crippen molar-refractivity contribution < 1.29 is 13.6 Å². The molecule has 1 aliphatic rings. The number of nitrogens with zero attached hydrogens (tertiary/aromatic N) is 1. The van der Waals surface area contributed by atoms with E-state index in [9.17, 15) is 13.6 Å². The quantitative estimate of drug-likeness (QED) is 0.593. The molecular formula is C6H10F2N2O. The minimum absolute atomic E-state index is 0.313. The largest absolute Gasteiger partial charge is 0.289 e. The van der Waals surface area contributed by atoms with Gasteiger partial charge in [-0.15, -0.1) is 0 Å².